The van der Waals surface area contributed by atoms with Gasteiger partial charge in [-0.1, -0.05) is 13.8 Å². The van der Waals surface area contributed by atoms with Crippen LogP contribution in [0.25, 0.3) is 21.3 Å². The second-order valence-corrected chi connectivity index (χ2v) is 12.5. The minimum Gasteiger partial charge on any atom is -0.486 e. The van der Waals surface area contributed by atoms with E-state index in [1.165, 1.54) is 23.2 Å². The van der Waals surface area contributed by atoms with E-state index in [1.54, 1.807) is 18.3 Å². The number of carboxylic acids is 1. The highest BCUT2D eigenvalue weighted by Crippen LogP contribution is 2.63. The third kappa shape index (κ3) is 5.84. The molecule has 16 heteroatoms. The van der Waals surface area contributed by atoms with Crippen molar-refractivity contribution in [2.75, 3.05) is 13.1 Å². The number of alkyl halides is 6. The number of rotatable bonds is 5. The van der Waals surface area contributed by atoms with Gasteiger partial charge in [0.05, 0.1) is 34.3 Å². The van der Waals surface area contributed by atoms with E-state index in [1.807, 2.05) is 13.8 Å². The normalized spacial score (nSPS) is 22.6. The summed E-state index contributed by atoms with van der Waals surface area (Å²) in [5, 5.41) is 10.3. The van der Waals surface area contributed by atoms with Crippen LogP contribution in [0.2, 0.25) is 0 Å². The molecule has 5 heterocycles. The van der Waals surface area contributed by atoms with Crippen LogP contribution in [0.4, 0.5) is 26.3 Å². The maximum Gasteiger partial charge on any atom is 0.490 e. The summed E-state index contributed by atoms with van der Waals surface area (Å²) < 4.78 is 79.7. The molecule has 2 N–H and O–H groups in total. The van der Waals surface area contributed by atoms with E-state index in [-0.39, 0.29) is 47.4 Å². The third-order valence-electron chi connectivity index (χ3n) is 7.93. The van der Waals surface area contributed by atoms with Crippen LogP contribution < -0.4 is 10.1 Å². The number of nitrogens with one attached hydrogen (secondary N) is 1. The molecule has 3 aromatic heterocycles. The molecule has 3 aliphatic rings. The van der Waals surface area contributed by atoms with Gasteiger partial charge in [-0.25, -0.2) is 9.78 Å². The number of carbonyl (C=O) groups excluding carboxylic acids is 2. The van der Waals surface area contributed by atoms with Crippen molar-refractivity contribution < 1.29 is 50.6 Å². The van der Waals surface area contributed by atoms with Gasteiger partial charge in [-0.05, 0) is 43.5 Å². The molecule has 0 bridgehead atoms. The summed E-state index contributed by atoms with van der Waals surface area (Å²) >= 11 is 1.32. The predicted molar refractivity (Wildman–Crippen MR) is 145 cm³/mol. The number of hydrogen-bond acceptors (Lipinski definition) is 8. The van der Waals surface area contributed by atoms with Crippen LogP contribution in [0, 0.1) is 24.2 Å². The van der Waals surface area contributed by atoms with Crippen molar-refractivity contribution in [1.29, 1.82) is 0 Å². The van der Waals surface area contributed by atoms with E-state index in [9.17, 15) is 35.9 Å². The van der Waals surface area contributed by atoms with Gasteiger partial charge in [-0.3, -0.25) is 19.5 Å². The summed E-state index contributed by atoms with van der Waals surface area (Å²) in [6, 6.07) is 4.49. The molecule has 44 heavy (non-hydrogen) atoms. The molecule has 2 saturated heterocycles. The number of carbonyl (C=O) groups is 3. The lowest BCUT2D eigenvalue weighted by Gasteiger charge is -2.20. The SMILES string of the molecule is Cc1nc(C(F)(F)F)cc(-c2ccnc3cc(CN4C(=O)C5C(C4=O)C5(C)C)sc23)c1O[C@H]1CCNC1.O=C(O)C(F)(F)F. The Morgan fingerprint density at radius 3 is 2.32 bits per heavy atom. The van der Waals surface area contributed by atoms with E-state index < -0.39 is 24.0 Å². The highest BCUT2D eigenvalue weighted by Gasteiger charge is 2.72. The standard InChI is InChI=1S/C26H25F3N4O3S.C2HF3O2/c1-12-21(36-13-4-6-30-10-13)16(9-18(32-12)26(27,28)29)15-5-7-31-17-8-14(37-22(15)17)11-33-23(34)19-20(24(33)35)25(19,2)3;3-2(4,5)1(6)7/h5,7-9,13,19-20,30H,4,6,10-11H2,1-3H3;(H,6,7)/t13-,19?,20?;/m0./s1. The number of hydrogen-bond donors (Lipinski definition) is 2. The number of likely N-dealkylation sites (tertiary alicyclic amines) is 1. The van der Waals surface area contributed by atoms with Gasteiger partial charge in [0.2, 0.25) is 11.8 Å². The van der Waals surface area contributed by atoms with Gasteiger partial charge in [0, 0.05) is 28.7 Å². The molecule has 236 valence electrons. The van der Waals surface area contributed by atoms with Gasteiger partial charge in [0.15, 0.2) is 0 Å². The first-order valence-electron chi connectivity index (χ1n) is 13.4. The fourth-order valence-electron chi connectivity index (χ4n) is 5.64. The van der Waals surface area contributed by atoms with Crippen LogP contribution >= 0.6 is 11.3 Å². The van der Waals surface area contributed by atoms with Crippen molar-refractivity contribution >= 4 is 39.3 Å². The Hall–Kier alpha value is -3.79. The zero-order chi connectivity index (χ0) is 32.4. The van der Waals surface area contributed by atoms with E-state index in [2.05, 4.69) is 15.3 Å². The zero-order valence-electron chi connectivity index (χ0n) is 23.5. The number of pyridine rings is 2. The van der Waals surface area contributed by atoms with Gasteiger partial charge in [0.25, 0.3) is 0 Å². The van der Waals surface area contributed by atoms with Crippen molar-refractivity contribution in [2.24, 2.45) is 17.3 Å². The van der Waals surface area contributed by atoms with Crippen molar-refractivity contribution in [3.8, 4) is 16.9 Å². The summed E-state index contributed by atoms with van der Waals surface area (Å²) in [5.41, 5.74) is 0.297. The topological polar surface area (TPSA) is 122 Å². The fourth-order valence-corrected chi connectivity index (χ4v) is 6.77. The average molecular weight is 645 g/mol. The van der Waals surface area contributed by atoms with E-state index in [4.69, 9.17) is 14.6 Å². The number of nitrogens with zero attached hydrogens (tertiary/aromatic N) is 3. The monoisotopic (exact) mass is 644 g/mol. The van der Waals surface area contributed by atoms with Crippen LogP contribution in [0.15, 0.2) is 24.4 Å². The molecule has 3 aromatic rings. The zero-order valence-corrected chi connectivity index (χ0v) is 24.3. The molecule has 3 fully saturated rings. The molecule has 0 spiro atoms. The Bertz CT molecular complexity index is 1620. The Morgan fingerprint density at radius 2 is 1.77 bits per heavy atom. The Kier molecular flexibility index (Phi) is 7.89. The van der Waals surface area contributed by atoms with Crippen LogP contribution in [0.5, 0.6) is 5.75 Å². The Balaban J connectivity index is 0.000000493. The minimum atomic E-state index is -5.08. The number of aryl methyl sites for hydroxylation is 1. The van der Waals surface area contributed by atoms with Gasteiger partial charge in [-0.15, -0.1) is 11.3 Å². The number of carboxylic acid groups (broad SMARTS) is 1. The summed E-state index contributed by atoms with van der Waals surface area (Å²) in [4.78, 5) is 44.8. The second-order valence-electron chi connectivity index (χ2n) is 11.3. The molecule has 2 aliphatic heterocycles. The van der Waals surface area contributed by atoms with Crippen LogP contribution in [-0.2, 0) is 27.1 Å². The summed E-state index contributed by atoms with van der Waals surface area (Å²) in [7, 11) is 0. The fraction of sp³-hybridized carbons (Fsp3) is 0.464. The van der Waals surface area contributed by atoms with Gasteiger partial charge < -0.3 is 15.2 Å². The lowest BCUT2D eigenvalue weighted by molar-refractivity contribution is -0.192. The van der Waals surface area contributed by atoms with E-state index >= 15 is 0 Å². The highest BCUT2D eigenvalue weighted by atomic mass is 32.1. The van der Waals surface area contributed by atoms with Crippen LogP contribution in [-0.4, -0.2) is 63.1 Å². The van der Waals surface area contributed by atoms with Crippen molar-refractivity contribution in [1.82, 2.24) is 20.2 Å². The lowest BCUT2D eigenvalue weighted by Crippen LogP contribution is -2.35. The highest BCUT2D eigenvalue weighted by molar-refractivity contribution is 7.19. The van der Waals surface area contributed by atoms with E-state index in [0.717, 1.165) is 23.9 Å². The van der Waals surface area contributed by atoms with Crippen molar-refractivity contribution in [2.45, 2.75) is 52.2 Å². The molecule has 0 radical (unpaired) electrons. The molecule has 2 unspecified atom stereocenters. The molecule has 1 saturated carbocycles. The molecule has 3 atom stereocenters. The van der Waals surface area contributed by atoms with Crippen LogP contribution in [0.1, 0.15) is 36.5 Å². The lowest BCUT2D eigenvalue weighted by atomic mass is 10.0. The van der Waals surface area contributed by atoms with Crippen molar-refractivity contribution in [3.63, 3.8) is 0 Å². The number of imide groups is 1. The van der Waals surface area contributed by atoms with Crippen LogP contribution in [0.3, 0.4) is 0 Å². The Morgan fingerprint density at radius 1 is 1.14 bits per heavy atom. The minimum absolute atomic E-state index is 0.126. The largest absolute Gasteiger partial charge is 0.490 e. The number of thiophene rings is 1. The number of piperidine rings is 1. The molecule has 2 amide bonds. The number of fused-ring (bicyclic) bond motifs is 2. The summed E-state index contributed by atoms with van der Waals surface area (Å²) in [6.45, 7) is 6.88. The average Bonchev–Trinajstić information content (AvgIpc) is 3.36. The third-order valence-corrected chi connectivity index (χ3v) is 9.08. The first-order valence-corrected chi connectivity index (χ1v) is 14.2. The first kappa shape index (κ1) is 31.6. The smallest absolute Gasteiger partial charge is 0.486 e. The summed E-state index contributed by atoms with van der Waals surface area (Å²) in [5.74, 6) is -3.30. The quantitative estimate of drug-likeness (QED) is 0.287. The number of amides is 2. The Labute approximate surface area is 250 Å². The first-order chi connectivity index (χ1) is 20.4. The maximum atomic E-state index is 13.7. The molecular weight excluding hydrogens is 618 g/mol. The summed E-state index contributed by atoms with van der Waals surface area (Å²) in [6.07, 6.45) is -7.59. The van der Waals surface area contributed by atoms with Gasteiger partial charge in [-0.2, -0.15) is 26.3 Å². The number of ether oxygens (including phenoxy) is 1. The van der Waals surface area contributed by atoms with Gasteiger partial charge >= 0.3 is 18.3 Å². The number of aliphatic carboxylic acids is 1. The maximum absolute atomic E-state index is 13.7. The molecule has 1 aliphatic carbocycles. The predicted octanol–water partition coefficient (Wildman–Crippen LogP) is 5.20. The second kappa shape index (κ2) is 11.0. The van der Waals surface area contributed by atoms with Gasteiger partial charge in [0.1, 0.15) is 17.5 Å². The van der Waals surface area contributed by atoms with Crippen molar-refractivity contribution in [3.05, 3.63) is 40.7 Å². The molecule has 6 rings (SSSR count). The molecule has 0 aromatic carbocycles. The molecular formula is C28H26F6N4O5S. The number of halogens is 6. The molecule has 9 nitrogen and oxygen atoms in total. The number of aromatic nitrogens is 2. The van der Waals surface area contributed by atoms with E-state index in [0.29, 0.717) is 33.6 Å².